The highest BCUT2D eigenvalue weighted by atomic mass is 19.3. The number of alkyl halides is 4. The topological polar surface area (TPSA) is 20.2 Å². The summed E-state index contributed by atoms with van der Waals surface area (Å²) in [6, 6.07) is 5.35. The van der Waals surface area contributed by atoms with Gasteiger partial charge in [-0.1, -0.05) is 29.8 Å². The molecule has 0 radical (unpaired) electrons. The number of hydrogen-bond acceptors (Lipinski definition) is 1. The van der Waals surface area contributed by atoms with Gasteiger partial charge < -0.3 is 5.11 Å². The third-order valence-electron chi connectivity index (χ3n) is 2.05. The molecule has 1 aromatic carbocycles. The predicted octanol–water partition coefficient (Wildman–Crippen LogP) is 2.93. The lowest BCUT2D eigenvalue weighted by Gasteiger charge is -2.21. The lowest BCUT2D eigenvalue weighted by molar-refractivity contribution is -0.193. The van der Waals surface area contributed by atoms with Gasteiger partial charge in [0.2, 0.25) is 0 Å². The Morgan fingerprint density at radius 2 is 1.60 bits per heavy atom. The van der Waals surface area contributed by atoms with Crippen molar-refractivity contribution in [3.05, 3.63) is 35.4 Å². The van der Waals surface area contributed by atoms with Gasteiger partial charge in [0.25, 0.3) is 0 Å². The van der Waals surface area contributed by atoms with E-state index in [1.165, 1.54) is 24.3 Å². The average molecular weight is 222 g/mol. The maximum absolute atomic E-state index is 12.7. The van der Waals surface area contributed by atoms with E-state index in [1.807, 2.05) is 0 Å². The maximum atomic E-state index is 12.7. The van der Waals surface area contributed by atoms with Crippen molar-refractivity contribution in [2.24, 2.45) is 0 Å². The van der Waals surface area contributed by atoms with E-state index in [9.17, 15) is 17.6 Å². The Morgan fingerprint density at radius 3 is 2.00 bits per heavy atom. The fourth-order valence-corrected chi connectivity index (χ4v) is 1.09. The van der Waals surface area contributed by atoms with Crippen LogP contribution in [0, 0.1) is 6.92 Å². The third kappa shape index (κ3) is 2.47. The zero-order valence-corrected chi connectivity index (χ0v) is 7.92. The molecule has 0 aliphatic rings. The predicted molar refractivity (Wildman–Crippen MR) is 47.1 cm³/mol. The summed E-state index contributed by atoms with van der Waals surface area (Å²) in [6.45, 7) is 1.72. The van der Waals surface area contributed by atoms with Crippen molar-refractivity contribution in [2.45, 2.75) is 25.4 Å². The van der Waals surface area contributed by atoms with Crippen LogP contribution in [-0.4, -0.2) is 17.5 Å². The van der Waals surface area contributed by atoms with Gasteiger partial charge in [-0.15, -0.1) is 0 Å². The molecule has 1 rings (SSSR count). The molecule has 0 saturated heterocycles. The first kappa shape index (κ1) is 12.0. The monoisotopic (exact) mass is 222 g/mol. The minimum atomic E-state index is -4.42. The molecule has 0 aliphatic carbocycles. The first-order valence-corrected chi connectivity index (χ1v) is 4.26. The van der Waals surface area contributed by atoms with Crippen molar-refractivity contribution in [3.63, 3.8) is 0 Å². The van der Waals surface area contributed by atoms with E-state index in [0.717, 1.165) is 5.56 Å². The van der Waals surface area contributed by atoms with Crippen LogP contribution in [0.1, 0.15) is 17.2 Å². The molecular formula is C10H10F4O. The van der Waals surface area contributed by atoms with Crippen molar-refractivity contribution in [3.8, 4) is 0 Å². The summed E-state index contributed by atoms with van der Waals surface area (Å²) in [7, 11) is 0. The summed E-state index contributed by atoms with van der Waals surface area (Å²) >= 11 is 0. The van der Waals surface area contributed by atoms with Gasteiger partial charge in [-0.05, 0) is 12.5 Å². The Morgan fingerprint density at radius 1 is 1.13 bits per heavy atom. The summed E-state index contributed by atoms with van der Waals surface area (Å²) in [5.74, 6) is -4.42. The third-order valence-corrected chi connectivity index (χ3v) is 2.05. The summed E-state index contributed by atoms with van der Waals surface area (Å²) in [6.07, 6.45) is -6.35. The highest BCUT2D eigenvalue weighted by molar-refractivity contribution is 5.24. The zero-order valence-electron chi connectivity index (χ0n) is 7.92. The lowest BCUT2D eigenvalue weighted by atomic mass is 10.0. The SMILES string of the molecule is Cc1ccc(C(O)C(F)(F)C(F)F)cc1. The average Bonchev–Trinajstić information content (AvgIpc) is 2.17. The smallest absolute Gasteiger partial charge is 0.336 e. The molecule has 1 aromatic rings. The van der Waals surface area contributed by atoms with Crippen LogP contribution < -0.4 is 0 Å². The molecule has 0 aliphatic heterocycles. The van der Waals surface area contributed by atoms with Crippen LogP contribution in [0.3, 0.4) is 0 Å². The Kier molecular flexibility index (Phi) is 3.34. The molecule has 1 N–H and O–H groups in total. The van der Waals surface area contributed by atoms with Crippen molar-refractivity contribution >= 4 is 0 Å². The fourth-order valence-electron chi connectivity index (χ4n) is 1.09. The number of halogens is 4. The van der Waals surface area contributed by atoms with E-state index >= 15 is 0 Å². The van der Waals surface area contributed by atoms with Crippen molar-refractivity contribution in [1.29, 1.82) is 0 Å². The molecule has 1 nitrogen and oxygen atoms in total. The quantitative estimate of drug-likeness (QED) is 0.779. The van der Waals surface area contributed by atoms with Crippen LogP contribution in [-0.2, 0) is 0 Å². The summed E-state index contributed by atoms with van der Waals surface area (Å²) in [5, 5.41) is 9.08. The fraction of sp³-hybridized carbons (Fsp3) is 0.400. The molecule has 0 bridgehead atoms. The molecule has 1 atom stereocenters. The van der Waals surface area contributed by atoms with E-state index in [2.05, 4.69) is 0 Å². The highest BCUT2D eigenvalue weighted by Gasteiger charge is 2.48. The molecule has 0 saturated carbocycles. The molecule has 1 unspecified atom stereocenters. The minimum absolute atomic E-state index is 0.217. The first-order valence-electron chi connectivity index (χ1n) is 4.26. The van der Waals surface area contributed by atoms with Gasteiger partial charge in [0.05, 0.1) is 0 Å². The van der Waals surface area contributed by atoms with E-state index < -0.39 is 18.5 Å². The van der Waals surface area contributed by atoms with Gasteiger partial charge in [-0.2, -0.15) is 8.78 Å². The standard InChI is InChI=1S/C10H10F4O/c1-6-2-4-7(5-3-6)8(15)10(13,14)9(11)12/h2-5,8-9,15H,1H3. The number of aliphatic hydroxyl groups is 1. The second-order valence-electron chi connectivity index (χ2n) is 3.29. The van der Waals surface area contributed by atoms with E-state index in [4.69, 9.17) is 5.11 Å². The normalized spacial score (nSPS) is 14.3. The Balaban J connectivity index is 2.94. The first-order chi connectivity index (χ1) is 6.85. The van der Waals surface area contributed by atoms with Crippen LogP contribution in [0.2, 0.25) is 0 Å². The zero-order chi connectivity index (χ0) is 11.6. The summed E-state index contributed by atoms with van der Waals surface area (Å²) < 4.78 is 49.3. The Bertz CT molecular complexity index is 321. The van der Waals surface area contributed by atoms with Gasteiger partial charge in [0, 0.05) is 0 Å². The summed E-state index contributed by atoms with van der Waals surface area (Å²) in [5.41, 5.74) is 0.581. The van der Waals surface area contributed by atoms with Crippen molar-refractivity contribution in [2.75, 3.05) is 0 Å². The van der Waals surface area contributed by atoms with Crippen LogP contribution in [0.4, 0.5) is 17.6 Å². The second kappa shape index (κ2) is 4.18. The lowest BCUT2D eigenvalue weighted by Crippen LogP contribution is -2.34. The van der Waals surface area contributed by atoms with E-state index in [0.29, 0.717) is 0 Å². The van der Waals surface area contributed by atoms with Gasteiger partial charge in [0.1, 0.15) is 6.10 Å². The molecule has 0 heterocycles. The second-order valence-corrected chi connectivity index (χ2v) is 3.29. The number of rotatable bonds is 3. The van der Waals surface area contributed by atoms with Crippen LogP contribution >= 0.6 is 0 Å². The van der Waals surface area contributed by atoms with E-state index in [1.54, 1.807) is 6.92 Å². The summed E-state index contributed by atoms with van der Waals surface area (Å²) in [4.78, 5) is 0. The highest BCUT2D eigenvalue weighted by Crippen LogP contribution is 2.36. The van der Waals surface area contributed by atoms with Crippen LogP contribution in [0.5, 0.6) is 0 Å². The molecule has 0 fully saturated rings. The molecule has 0 spiro atoms. The van der Waals surface area contributed by atoms with Crippen molar-refractivity contribution < 1.29 is 22.7 Å². The molecule has 0 amide bonds. The maximum Gasteiger partial charge on any atom is 0.336 e. The molecular weight excluding hydrogens is 212 g/mol. The minimum Gasteiger partial charge on any atom is -0.382 e. The number of aliphatic hydroxyl groups excluding tert-OH is 1. The molecule has 0 aromatic heterocycles. The van der Waals surface area contributed by atoms with Gasteiger partial charge in [-0.25, -0.2) is 8.78 Å². The van der Waals surface area contributed by atoms with Crippen molar-refractivity contribution in [1.82, 2.24) is 0 Å². The van der Waals surface area contributed by atoms with Gasteiger partial charge in [0.15, 0.2) is 0 Å². The van der Waals surface area contributed by atoms with Gasteiger partial charge in [-0.3, -0.25) is 0 Å². The largest absolute Gasteiger partial charge is 0.382 e. The molecule has 84 valence electrons. The van der Waals surface area contributed by atoms with E-state index in [-0.39, 0.29) is 5.56 Å². The Labute approximate surface area is 84.3 Å². The number of benzene rings is 1. The van der Waals surface area contributed by atoms with Gasteiger partial charge >= 0.3 is 12.3 Å². The Hall–Kier alpha value is -1.10. The molecule has 5 heteroatoms. The number of aryl methyl sites for hydroxylation is 1. The number of hydrogen-bond donors (Lipinski definition) is 1. The molecule has 15 heavy (non-hydrogen) atoms. The van der Waals surface area contributed by atoms with Crippen LogP contribution in [0.15, 0.2) is 24.3 Å². The van der Waals surface area contributed by atoms with Crippen LogP contribution in [0.25, 0.3) is 0 Å².